The molecule has 0 aromatic heterocycles. The maximum absolute atomic E-state index is 11.0. The molecule has 1 amide bonds. The highest BCUT2D eigenvalue weighted by Gasteiger charge is 2.00. The van der Waals surface area contributed by atoms with Crippen LogP contribution in [0.2, 0.25) is 0 Å². The summed E-state index contributed by atoms with van der Waals surface area (Å²) in [5, 5.41) is 3.92. The average molecular weight is 236 g/mol. The van der Waals surface area contributed by atoms with Gasteiger partial charge < -0.3 is 9.47 Å². The van der Waals surface area contributed by atoms with Crippen LogP contribution in [-0.4, -0.2) is 25.5 Å². The van der Waals surface area contributed by atoms with Crippen LogP contribution in [0.3, 0.4) is 0 Å². The Hall–Kier alpha value is -2.04. The van der Waals surface area contributed by atoms with Crippen molar-refractivity contribution in [2.24, 2.45) is 5.10 Å². The Labute approximate surface area is 100 Å². The van der Waals surface area contributed by atoms with Crippen LogP contribution in [0, 0.1) is 0 Å². The lowest BCUT2D eigenvalue weighted by atomic mass is 10.1. The first-order chi connectivity index (χ1) is 8.17. The third kappa shape index (κ3) is 4.14. The van der Waals surface area contributed by atoms with E-state index in [4.69, 9.17) is 4.74 Å². The second kappa shape index (κ2) is 6.52. The zero-order valence-corrected chi connectivity index (χ0v) is 10.2. The molecular formula is C12H16N2O3. The summed E-state index contributed by atoms with van der Waals surface area (Å²) in [7, 11) is 1.61. The van der Waals surface area contributed by atoms with Gasteiger partial charge in [-0.25, -0.2) is 10.2 Å². The second-order valence-electron chi connectivity index (χ2n) is 3.26. The van der Waals surface area contributed by atoms with E-state index in [1.54, 1.807) is 21.0 Å². The molecule has 0 saturated heterocycles. The number of nitrogens with one attached hydrogen (secondary N) is 1. The molecule has 1 aromatic rings. The quantitative estimate of drug-likeness (QED) is 0.643. The Morgan fingerprint density at radius 1 is 1.35 bits per heavy atom. The molecule has 0 bridgehead atoms. The number of carbonyl (C=O) groups excluding carboxylic acids is 1. The Morgan fingerprint density at radius 2 is 2.00 bits per heavy atom. The zero-order chi connectivity index (χ0) is 12.7. The highest BCUT2D eigenvalue weighted by Crippen LogP contribution is 2.11. The molecule has 0 aliphatic rings. The van der Waals surface area contributed by atoms with E-state index in [9.17, 15) is 4.79 Å². The lowest BCUT2D eigenvalue weighted by Gasteiger charge is -2.04. The summed E-state index contributed by atoms with van der Waals surface area (Å²) in [5.74, 6) is 0.778. The van der Waals surface area contributed by atoms with Crippen LogP contribution >= 0.6 is 0 Å². The van der Waals surface area contributed by atoms with Gasteiger partial charge in [0.2, 0.25) is 0 Å². The molecule has 0 atom stereocenters. The number of rotatable bonds is 4. The Morgan fingerprint density at radius 3 is 2.53 bits per heavy atom. The number of hydrogen-bond acceptors (Lipinski definition) is 4. The maximum Gasteiger partial charge on any atom is 0.427 e. The number of hydrazone groups is 1. The van der Waals surface area contributed by atoms with E-state index in [1.807, 2.05) is 24.3 Å². The summed E-state index contributed by atoms with van der Waals surface area (Å²) >= 11 is 0. The van der Waals surface area contributed by atoms with Crippen LogP contribution in [0.1, 0.15) is 19.4 Å². The predicted molar refractivity (Wildman–Crippen MR) is 65.4 cm³/mol. The van der Waals surface area contributed by atoms with Crippen molar-refractivity contribution < 1.29 is 14.3 Å². The summed E-state index contributed by atoms with van der Waals surface area (Å²) in [6.07, 6.45) is -0.555. The molecule has 5 nitrogen and oxygen atoms in total. The molecule has 1 N–H and O–H groups in total. The fourth-order valence-electron chi connectivity index (χ4n) is 1.19. The third-order valence-corrected chi connectivity index (χ3v) is 2.10. The molecule has 0 saturated carbocycles. The minimum Gasteiger partial charge on any atom is -0.497 e. The Bertz CT molecular complexity index is 399. The molecular weight excluding hydrogens is 220 g/mol. The van der Waals surface area contributed by atoms with Crippen LogP contribution in [0.25, 0.3) is 0 Å². The van der Waals surface area contributed by atoms with Gasteiger partial charge in [0, 0.05) is 0 Å². The molecule has 0 aliphatic carbocycles. The third-order valence-electron chi connectivity index (χ3n) is 2.10. The van der Waals surface area contributed by atoms with Gasteiger partial charge in [-0.2, -0.15) is 5.10 Å². The van der Waals surface area contributed by atoms with E-state index in [2.05, 4.69) is 15.3 Å². The molecule has 1 aromatic carbocycles. The van der Waals surface area contributed by atoms with Crippen molar-refractivity contribution in [2.45, 2.75) is 13.8 Å². The van der Waals surface area contributed by atoms with Gasteiger partial charge in [0.15, 0.2) is 0 Å². The van der Waals surface area contributed by atoms with Gasteiger partial charge in [-0.05, 0) is 43.7 Å². The van der Waals surface area contributed by atoms with Crippen molar-refractivity contribution in [2.75, 3.05) is 13.7 Å². The highest BCUT2D eigenvalue weighted by atomic mass is 16.5. The van der Waals surface area contributed by atoms with Crippen LogP contribution in [0.4, 0.5) is 4.79 Å². The molecule has 0 radical (unpaired) electrons. The summed E-state index contributed by atoms with van der Waals surface area (Å²) in [5.41, 5.74) is 3.91. The first-order valence-corrected chi connectivity index (χ1v) is 5.28. The fourth-order valence-corrected chi connectivity index (χ4v) is 1.19. The second-order valence-corrected chi connectivity index (χ2v) is 3.26. The average Bonchev–Trinajstić information content (AvgIpc) is 2.36. The van der Waals surface area contributed by atoms with Gasteiger partial charge in [-0.1, -0.05) is 0 Å². The van der Waals surface area contributed by atoms with Crippen LogP contribution in [0.5, 0.6) is 5.75 Å². The maximum atomic E-state index is 11.0. The molecule has 0 aliphatic heterocycles. The van der Waals surface area contributed by atoms with Crippen LogP contribution in [0.15, 0.2) is 29.4 Å². The summed E-state index contributed by atoms with van der Waals surface area (Å²) in [4.78, 5) is 11.0. The molecule has 17 heavy (non-hydrogen) atoms. The fraction of sp³-hybridized carbons (Fsp3) is 0.333. The number of hydrogen-bond donors (Lipinski definition) is 1. The topological polar surface area (TPSA) is 59.9 Å². The van der Waals surface area contributed by atoms with Crippen molar-refractivity contribution in [3.05, 3.63) is 29.8 Å². The van der Waals surface area contributed by atoms with E-state index in [1.165, 1.54) is 0 Å². The van der Waals surface area contributed by atoms with Crippen molar-refractivity contribution in [1.29, 1.82) is 0 Å². The van der Waals surface area contributed by atoms with Gasteiger partial charge in [0.1, 0.15) is 5.75 Å². The molecule has 5 heteroatoms. The first kappa shape index (κ1) is 13.0. The van der Waals surface area contributed by atoms with Crippen molar-refractivity contribution in [1.82, 2.24) is 5.43 Å². The minimum atomic E-state index is -0.555. The van der Waals surface area contributed by atoms with Gasteiger partial charge in [-0.3, -0.25) is 0 Å². The number of carbonyl (C=O) groups is 1. The number of amides is 1. The van der Waals surface area contributed by atoms with E-state index in [0.29, 0.717) is 12.3 Å². The van der Waals surface area contributed by atoms with E-state index in [-0.39, 0.29) is 0 Å². The number of ether oxygens (including phenoxy) is 2. The van der Waals surface area contributed by atoms with Crippen LogP contribution < -0.4 is 10.2 Å². The lowest BCUT2D eigenvalue weighted by Crippen LogP contribution is -2.20. The van der Waals surface area contributed by atoms with Gasteiger partial charge in [0.25, 0.3) is 0 Å². The summed E-state index contributed by atoms with van der Waals surface area (Å²) in [6.45, 7) is 3.86. The molecule has 0 heterocycles. The van der Waals surface area contributed by atoms with E-state index >= 15 is 0 Å². The normalized spacial score (nSPS) is 10.9. The van der Waals surface area contributed by atoms with Gasteiger partial charge >= 0.3 is 6.09 Å². The minimum absolute atomic E-state index is 0.322. The van der Waals surface area contributed by atoms with E-state index in [0.717, 1.165) is 11.3 Å². The van der Waals surface area contributed by atoms with Crippen molar-refractivity contribution >= 4 is 11.8 Å². The van der Waals surface area contributed by atoms with Gasteiger partial charge in [-0.15, -0.1) is 0 Å². The van der Waals surface area contributed by atoms with Crippen molar-refractivity contribution in [3.8, 4) is 5.75 Å². The standard InChI is InChI=1S/C12H16N2O3/c1-4-17-12(15)14-13-9(2)10-5-7-11(16-3)8-6-10/h5-8H,4H2,1-3H3,(H,14,15)/b13-9+. The largest absolute Gasteiger partial charge is 0.497 e. The SMILES string of the molecule is CCOC(=O)N/N=C(\C)c1ccc(OC)cc1. The number of methoxy groups -OCH3 is 1. The van der Waals surface area contributed by atoms with E-state index < -0.39 is 6.09 Å². The summed E-state index contributed by atoms with van der Waals surface area (Å²) in [6, 6.07) is 7.40. The number of nitrogens with zero attached hydrogens (tertiary/aromatic N) is 1. The highest BCUT2D eigenvalue weighted by molar-refractivity contribution is 5.99. The molecule has 92 valence electrons. The lowest BCUT2D eigenvalue weighted by molar-refractivity contribution is 0.152. The molecule has 0 spiro atoms. The predicted octanol–water partition coefficient (Wildman–Crippen LogP) is 2.17. The molecule has 0 fully saturated rings. The molecule has 1 rings (SSSR count). The smallest absolute Gasteiger partial charge is 0.427 e. The Kier molecular flexibility index (Phi) is 5.00. The van der Waals surface area contributed by atoms with Crippen molar-refractivity contribution in [3.63, 3.8) is 0 Å². The zero-order valence-electron chi connectivity index (χ0n) is 10.2. The van der Waals surface area contributed by atoms with Crippen LogP contribution in [-0.2, 0) is 4.74 Å². The van der Waals surface area contributed by atoms with Gasteiger partial charge in [0.05, 0.1) is 19.4 Å². The summed E-state index contributed by atoms with van der Waals surface area (Å²) < 4.78 is 9.74. The number of benzene rings is 1. The molecule has 0 unspecified atom stereocenters. The monoisotopic (exact) mass is 236 g/mol. The first-order valence-electron chi connectivity index (χ1n) is 5.28. The Balaban J connectivity index is 2.64.